The molecule has 0 aliphatic carbocycles. The van der Waals surface area contributed by atoms with Crippen molar-refractivity contribution in [2.24, 2.45) is 0 Å². The molecule has 0 unspecified atom stereocenters. The van der Waals surface area contributed by atoms with Gasteiger partial charge in [0.1, 0.15) is 18.1 Å². The minimum atomic E-state index is -0.623. The molecule has 0 heterocycles. The number of aryl methyl sites for hydroxylation is 2. The van der Waals surface area contributed by atoms with Crippen LogP contribution in [0.2, 0.25) is 0 Å². The molecular formula is C19H21NO5. The summed E-state index contributed by atoms with van der Waals surface area (Å²) >= 11 is 0. The maximum Gasteiger partial charge on any atom is 0.338 e. The molecule has 0 atom stereocenters. The molecule has 0 aliphatic heterocycles. The number of phenolic OH excluding ortho intramolecular Hbond substituents is 1. The lowest BCUT2D eigenvalue weighted by Gasteiger charge is -2.10. The van der Waals surface area contributed by atoms with Gasteiger partial charge in [-0.3, -0.25) is 4.79 Å². The summed E-state index contributed by atoms with van der Waals surface area (Å²) in [5, 5.41) is 11.8. The number of hydrogen-bond acceptors (Lipinski definition) is 5. The monoisotopic (exact) mass is 343 g/mol. The van der Waals surface area contributed by atoms with E-state index in [-0.39, 0.29) is 17.9 Å². The fraction of sp³-hybridized carbons (Fsp3) is 0.263. The highest BCUT2D eigenvalue weighted by atomic mass is 16.5. The third-order valence-corrected chi connectivity index (χ3v) is 3.45. The summed E-state index contributed by atoms with van der Waals surface area (Å²) < 4.78 is 10.5. The van der Waals surface area contributed by atoms with Crippen LogP contribution >= 0.6 is 0 Å². The van der Waals surface area contributed by atoms with E-state index in [4.69, 9.17) is 14.6 Å². The van der Waals surface area contributed by atoms with Gasteiger partial charge in [0.2, 0.25) is 0 Å². The van der Waals surface area contributed by atoms with Crippen LogP contribution in [0.25, 0.3) is 0 Å². The van der Waals surface area contributed by atoms with Crippen LogP contribution in [0.15, 0.2) is 42.5 Å². The number of hydrogen-bond donors (Lipinski definition) is 2. The minimum absolute atomic E-state index is 0.0538. The number of benzene rings is 2. The minimum Gasteiger partial charge on any atom is -0.508 e. The fourth-order valence-electron chi connectivity index (χ4n) is 2.18. The van der Waals surface area contributed by atoms with Crippen molar-refractivity contribution in [2.75, 3.05) is 19.8 Å². The molecule has 2 aromatic rings. The predicted octanol–water partition coefficient (Wildman–Crippen LogP) is 2.36. The van der Waals surface area contributed by atoms with E-state index in [0.29, 0.717) is 13.2 Å². The van der Waals surface area contributed by atoms with Crippen molar-refractivity contribution in [1.29, 1.82) is 0 Å². The van der Waals surface area contributed by atoms with Crippen LogP contribution < -0.4 is 10.1 Å². The fourth-order valence-corrected chi connectivity index (χ4v) is 2.18. The van der Waals surface area contributed by atoms with E-state index in [0.717, 1.165) is 16.9 Å². The number of rotatable bonds is 7. The van der Waals surface area contributed by atoms with Gasteiger partial charge in [-0.1, -0.05) is 17.7 Å². The molecule has 0 aliphatic rings. The van der Waals surface area contributed by atoms with E-state index in [2.05, 4.69) is 5.32 Å². The van der Waals surface area contributed by atoms with E-state index in [1.54, 1.807) is 0 Å². The average Bonchev–Trinajstić information content (AvgIpc) is 2.58. The Labute approximate surface area is 146 Å². The van der Waals surface area contributed by atoms with Gasteiger partial charge in [0.25, 0.3) is 5.91 Å². The lowest BCUT2D eigenvalue weighted by Crippen LogP contribution is -2.32. The molecule has 2 aromatic carbocycles. The van der Waals surface area contributed by atoms with Crippen LogP contribution in [0.1, 0.15) is 21.5 Å². The van der Waals surface area contributed by atoms with Gasteiger partial charge in [-0.05, 0) is 49.7 Å². The Morgan fingerprint density at radius 3 is 2.48 bits per heavy atom. The Balaban J connectivity index is 1.67. The second-order valence-corrected chi connectivity index (χ2v) is 5.59. The molecular weight excluding hydrogens is 322 g/mol. The number of ether oxygens (including phenoxy) is 2. The van der Waals surface area contributed by atoms with Crippen LogP contribution in [0.4, 0.5) is 0 Å². The van der Waals surface area contributed by atoms with Gasteiger partial charge < -0.3 is 19.9 Å². The van der Waals surface area contributed by atoms with Crippen molar-refractivity contribution in [3.63, 3.8) is 0 Å². The van der Waals surface area contributed by atoms with Gasteiger partial charge in [0.05, 0.1) is 12.1 Å². The number of carbonyl (C=O) groups is 2. The third-order valence-electron chi connectivity index (χ3n) is 3.45. The lowest BCUT2D eigenvalue weighted by molar-refractivity contribution is -0.124. The molecule has 0 aromatic heterocycles. The number of carbonyl (C=O) groups excluding carboxylic acids is 2. The summed E-state index contributed by atoms with van der Waals surface area (Å²) in [4.78, 5) is 23.4. The van der Waals surface area contributed by atoms with Gasteiger partial charge in [-0.15, -0.1) is 0 Å². The second kappa shape index (κ2) is 8.73. The molecule has 0 spiro atoms. The van der Waals surface area contributed by atoms with Crippen LogP contribution in [0, 0.1) is 13.8 Å². The molecule has 0 saturated heterocycles. The quantitative estimate of drug-likeness (QED) is 0.595. The van der Waals surface area contributed by atoms with Crippen LogP contribution in [-0.2, 0) is 9.53 Å². The average molecular weight is 343 g/mol. The first-order chi connectivity index (χ1) is 12.0. The Kier molecular flexibility index (Phi) is 6.39. The number of nitrogens with one attached hydrogen (secondary N) is 1. The normalized spacial score (nSPS) is 10.2. The molecule has 132 valence electrons. The van der Waals surface area contributed by atoms with Gasteiger partial charge >= 0.3 is 5.97 Å². The van der Waals surface area contributed by atoms with Gasteiger partial charge in [-0.2, -0.15) is 0 Å². The molecule has 0 saturated carbocycles. The van der Waals surface area contributed by atoms with Crippen molar-refractivity contribution in [2.45, 2.75) is 13.8 Å². The predicted molar refractivity (Wildman–Crippen MR) is 92.8 cm³/mol. The molecule has 6 nitrogen and oxygen atoms in total. The maximum absolute atomic E-state index is 11.7. The molecule has 0 fully saturated rings. The van der Waals surface area contributed by atoms with Crippen LogP contribution in [0.5, 0.6) is 11.5 Å². The summed E-state index contributed by atoms with van der Waals surface area (Å²) in [5.41, 5.74) is 2.46. The zero-order valence-corrected chi connectivity index (χ0v) is 14.2. The van der Waals surface area contributed by atoms with Crippen LogP contribution in [-0.4, -0.2) is 36.7 Å². The van der Waals surface area contributed by atoms with Gasteiger partial charge in [-0.25, -0.2) is 4.79 Å². The molecule has 0 bridgehead atoms. The van der Waals surface area contributed by atoms with E-state index >= 15 is 0 Å². The number of aromatic hydroxyl groups is 1. The molecule has 0 radical (unpaired) electrons. The maximum atomic E-state index is 11.7. The number of phenols is 1. The molecule has 25 heavy (non-hydrogen) atoms. The summed E-state index contributed by atoms with van der Waals surface area (Å²) in [6.45, 7) is 4.23. The van der Waals surface area contributed by atoms with Crippen molar-refractivity contribution >= 4 is 11.9 Å². The largest absolute Gasteiger partial charge is 0.508 e. The SMILES string of the molecule is Cc1ccc(OCCNC(=O)COC(=O)c2ccc(O)cc2)c(C)c1. The van der Waals surface area contributed by atoms with Crippen molar-refractivity contribution < 1.29 is 24.2 Å². The first-order valence-electron chi connectivity index (χ1n) is 7.88. The Morgan fingerprint density at radius 1 is 1.08 bits per heavy atom. The van der Waals surface area contributed by atoms with Crippen molar-refractivity contribution in [1.82, 2.24) is 5.32 Å². The summed E-state index contributed by atoms with van der Waals surface area (Å²) in [5.74, 6) is -0.199. The Bertz CT molecular complexity index is 740. The van der Waals surface area contributed by atoms with Gasteiger partial charge in [0.15, 0.2) is 6.61 Å². The summed E-state index contributed by atoms with van der Waals surface area (Å²) in [7, 11) is 0. The highest BCUT2D eigenvalue weighted by molar-refractivity contribution is 5.91. The lowest BCUT2D eigenvalue weighted by atomic mass is 10.1. The second-order valence-electron chi connectivity index (χ2n) is 5.59. The Morgan fingerprint density at radius 2 is 1.80 bits per heavy atom. The smallest absolute Gasteiger partial charge is 0.338 e. The van der Waals surface area contributed by atoms with E-state index in [9.17, 15) is 9.59 Å². The zero-order chi connectivity index (χ0) is 18.2. The summed E-state index contributed by atoms with van der Waals surface area (Å²) in [6.07, 6.45) is 0. The Hall–Kier alpha value is -3.02. The molecule has 6 heteroatoms. The molecule has 1 amide bonds. The van der Waals surface area contributed by atoms with Crippen molar-refractivity contribution in [3.8, 4) is 11.5 Å². The highest BCUT2D eigenvalue weighted by Crippen LogP contribution is 2.18. The third kappa shape index (κ3) is 5.84. The topological polar surface area (TPSA) is 84.9 Å². The standard InChI is InChI=1S/C19H21NO5/c1-13-3-8-17(14(2)11-13)24-10-9-20-18(22)12-25-19(23)15-4-6-16(21)7-5-15/h3-8,11,21H,9-10,12H2,1-2H3,(H,20,22). The highest BCUT2D eigenvalue weighted by Gasteiger charge is 2.10. The first kappa shape index (κ1) is 18.3. The number of esters is 1. The molecule has 2 rings (SSSR count). The van der Waals surface area contributed by atoms with E-state index in [1.165, 1.54) is 24.3 Å². The first-order valence-corrected chi connectivity index (χ1v) is 7.88. The van der Waals surface area contributed by atoms with E-state index < -0.39 is 11.9 Å². The van der Waals surface area contributed by atoms with Crippen LogP contribution in [0.3, 0.4) is 0 Å². The zero-order valence-electron chi connectivity index (χ0n) is 14.2. The molecule has 2 N–H and O–H groups in total. The van der Waals surface area contributed by atoms with E-state index in [1.807, 2.05) is 32.0 Å². The summed E-state index contributed by atoms with van der Waals surface area (Å²) in [6, 6.07) is 11.5. The number of amides is 1. The van der Waals surface area contributed by atoms with Gasteiger partial charge in [0, 0.05) is 0 Å². The van der Waals surface area contributed by atoms with Crippen molar-refractivity contribution in [3.05, 3.63) is 59.2 Å².